The highest BCUT2D eigenvalue weighted by molar-refractivity contribution is 6.14. The van der Waals surface area contributed by atoms with Gasteiger partial charge in [-0.2, -0.15) is 0 Å². The molecule has 0 unspecified atom stereocenters. The first-order valence-corrected chi connectivity index (χ1v) is 25.7. The summed E-state index contributed by atoms with van der Waals surface area (Å²) in [6.07, 6.45) is 8.54. The van der Waals surface area contributed by atoms with E-state index >= 15 is 0 Å². The van der Waals surface area contributed by atoms with Crippen molar-refractivity contribution >= 4 is 93.3 Å². The smallest absolute Gasteiger partial charge is 0.135 e. The second kappa shape index (κ2) is 17.1. The van der Waals surface area contributed by atoms with Crippen LogP contribution in [0.2, 0.25) is 0 Å². The molecule has 11 aromatic carbocycles. The van der Waals surface area contributed by atoms with E-state index < -0.39 is 0 Å². The SMILES string of the molecule is C=C1/C=C\C=C/CN(c2ccccc2)c2ccc(-c3ccc4c(c3)c3cc(-c5ccc6c(c5)c5ccccc5n6-c5ccccc5)ccc3n4-c3ccc4cc(-c5ccc6oc7ccccc7c6c5)ccc4c3)cc21. The molecule has 1 aliphatic heterocycles. The fraction of sp³-hybridized carbons (Fsp3) is 0.0141. The first kappa shape index (κ1) is 42.8. The summed E-state index contributed by atoms with van der Waals surface area (Å²) in [6, 6.07) is 86.4. The van der Waals surface area contributed by atoms with Crippen molar-refractivity contribution in [3.63, 3.8) is 0 Å². The van der Waals surface area contributed by atoms with Crippen LogP contribution in [0.25, 0.3) is 127 Å². The molecule has 0 N–H and O–H groups in total. The summed E-state index contributed by atoms with van der Waals surface area (Å²) < 4.78 is 11.0. The molecule has 0 atom stereocenters. The van der Waals surface area contributed by atoms with Crippen LogP contribution < -0.4 is 4.90 Å². The first-order chi connectivity index (χ1) is 37.1. The van der Waals surface area contributed by atoms with Crippen LogP contribution in [0.3, 0.4) is 0 Å². The van der Waals surface area contributed by atoms with Gasteiger partial charge in [0.25, 0.3) is 0 Å². The molecule has 3 aromatic heterocycles. The standard InChI is InChI=1S/C71H47N3O/c1-46-15-5-4-14-38-72(55-16-6-2-7-17-55)65-33-27-50(41-60(46)65)52-29-35-68-62(43-52)63-44-53(51-28-34-67-61(42-51)58-20-10-12-22-66(58)73(67)56-18-8-3-9-19-56)30-36-69(63)74(68)57-32-26-48-39-47(24-25-49(48)40-57)54-31-37-71-64(45-54)59-21-11-13-23-70(59)75-71/h2-37,39-45H,1,38H2/b14-4-,15-5-. The minimum atomic E-state index is 0.750. The maximum absolute atomic E-state index is 6.17. The number of aromatic nitrogens is 2. The molecule has 0 spiro atoms. The van der Waals surface area contributed by atoms with Crippen LogP contribution in [-0.4, -0.2) is 15.7 Å². The van der Waals surface area contributed by atoms with Gasteiger partial charge in [0.2, 0.25) is 0 Å². The second-order valence-corrected chi connectivity index (χ2v) is 19.8. The number of anilines is 2. The minimum Gasteiger partial charge on any atom is -0.456 e. The molecule has 4 heterocycles. The predicted molar refractivity (Wildman–Crippen MR) is 317 cm³/mol. The van der Waals surface area contributed by atoms with Gasteiger partial charge in [-0.15, -0.1) is 0 Å². The zero-order chi connectivity index (χ0) is 49.6. The molecule has 4 heteroatoms. The first-order valence-electron chi connectivity index (χ1n) is 25.7. The van der Waals surface area contributed by atoms with Crippen LogP contribution >= 0.6 is 0 Å². The molecule has 352 valence electrons. The van der Waals surface area contributed by atoms with Crippen LogP contribution in [0.15, 0.2) is 272 Å². The van der Waals surface area contributed by atoms with Crippen LogP contribution in [0, 0.1) is 0 Å². The van der Waals surface area contributed by atoms with E-state index in [-0.39, 0.29) is 0 Å². The summed E-state index contributed by atoms with van der Waals surface area (Å²) in [4.78, 5) is 2.37. The highest BCUT2D eigenvalue weighted by Crippen LogP contribution is 2.42. The normalized spacial score (nSPS) is 13.8. The van der Waals surface area contributed by atoms with E-state index in [1.807, 2.05) is 12.1 Å². The summed E-state index contributed by atoms with van der Waals surface area (Å²) >= 11 is 0. The number of hydrogen-bond donors (Lipinski definition) is 0. The summed E-state index contributed by atoms with van der Waals surface area (Å²) in [5.41, 5.74) is 20.2. The van der Waals surface area contributed by atoms with E-state index in [0.29, 0.717) is 0 Å². The van der Waals surface area contributed by atoms with Crippen LogP contribution in [0.5, 0.6) is 0 Å². The molecule has 0 bridgehead atoms. The Kier molecular flexibility index (Phi) is 9.76. The van der Waals surface area contributed by atoms with Crippen molar-refractivity contribution in [3.8, 4) is 44.8 Å². The Morgan fingerprint density at radius 3 is 1.59 bits per heavy atom. The fourth-order valence-corrected chi connectivity index (χ4v) is 11.8. The third-order valence-electron chi connectivity index (χ3n) is 15.4. The monoisotopic (exact) mass is 957 g/mol. The molecule has 0 amide bonds. The summed E-state index contributed by atoms with van der Waals surface area (Å²) in [5, 5.41) is 9.52. The highest BCUT2D eigenvalue weighted by Gasteiger charge is 2.20. The lowest BCUT2D eigenvalue weighted by Gasteiger charge is -2.27. The minimum absolute atomic E-state index is 0.750. The summed E-state index contributed by atoms with van der Waals surface area (Å²) in [6.45, 7) is 5.33. The van der Waals surface area contributed by atoms with Crippen molar-refractivity contribution in [2.75, 3.05) is 11.4 Å². The predicted octanol–water partition coefficient (Wildman–Crippen LogP) is 19.2. The molecule has 75 heavy (non-hydrogen) atoms. The second-order valence-electron chi connectivity index (χ2n) is 19.8. The number of para-hydroxylation sites is 4. The van der Waals surface area contributed by atoms with Crippen LogP contribution in [0.4, 0.5) is 11.4 Å². The van der Waals surface area contributed by atoms with Crippen LogP contribution in [-0.2, 0) is 0 Å². The fourth-order valence-electron chi connectivity index (χ4n) is 11.8. The lowest BCUT2D eigenvalue weighted by atomic mass is 9.95. The quantitative estimate of drug-likeness (QED) is 0.166. The molecule has 0 fully saturated rings. The molecule has 0 saturated carbocycles. The molecule has 15 rings (SSSR count). The van der Waals surface area contributed by atoms with Crippen molar-refractivity contribution in [1.29, 1.82) is 0 Å². The average Bonchev–Trinajstić information content (AvgIpc) is 4.14. The van der Waals surface area contributed by atoms with Gasteiger partial charge in [-0.1, -0.05) is 152 Å². The lowest BCUT2D eigenvalue weighted by Crippen LogP contribution is -2.18. The molecule has 0 radical (unpaired) electrons. The number of fused-ring (bicyclic) bond motifs is 11. The number of benzene rings is 11. The van der Waals surface area contributed by atoms with Gasteiger partial charge in [0.1, 0.15) is 11.2 Å². The molecular formula is C71H47N3O. The topological polar surface area (TPSA) is 26.2 Å². The van der Waals surface area contributed by atoms with Crippen molar-refractivity contribution in [2.45, 2.75) is 0 Å². The van der Waals surface area contributed by atoms with E-state index in [2.05, 4.69) is 269 Å². The molecule has 0 saturated heterocycles. The van der Waals surface area contributed by atoms with Gasteiger partial charge in [0.05, 0.1) is 22.1 Å². The van der Waals surface area contributed by atoms with Gasteiger partial charge < -0.3 is 18.5 Å². The van der Waals surface area contributed by atoms with Crippen LogP contribution in [0.1, 0.15) is 5.56 Å². The van der Waals surface area contributed by atoms with Gasteiger partial charge in [0.15, 0.2) is 0 Å². The zero-order valence-electron chi connectivity index (χ0n) is 41.0. The maximum Gasteiger partial charge on any atom is 0.135 e. The Labute approximate surface area is 433 Å². The van der Waals surface area contributed by atoms with Gasteiger partial charge in [-0.05, 0) is 165 Å². The number of hydrogen-bond acceptors (Lipinski definition) is 2. The van der Waals surface area contributed by atoms with Gasteiger partial charge in [-0.3, -0.25) is 0 Å². The summed E-state index contributed by atoms with van der Waals surface area (Å²) in [5.74, 6) is 0. The molecule has 4 nitrogen and oxygen atoms in total. The number of furan rings is 1. The zero-order valence-corrected chi connectivity index (χ0v) is 41.0. The van der Waals surface area contributed by atoms with Crippen molar-refractivity contribution in [1.82, 2.24) is 9.13 Å². The molecular weight excluding hydrogens is 911 g/mol. The Bertz CT molecular complexity index is 4700. The number of nitrogens with zero attached hydrogens (tertiary/aromatic N) is 3. The van der Waals surface area contributed by atoms with E-state index in [0.717, 1.165) is 84.5 Å². The maximum atomic E-state index is 6.17. The number of allylic oxidation sites excluding steroid dienone is 4. The Hall–Kier alpha value is -9.90. The Morgan fingerprint density at radius 2 is 0.853 bits per heavy atom. The van der Waals surface area contributed by atoms with Crippen molar-refractivity contribution in [3.05, 3.63) is 273 Å². The van der Waals surface area contributed by atoms with E-state index in [1.54, 1.807) is 0 Å². The van der Waals surface area contributed by atoms with Crippen molar-refractivity contribution in [2.24, 2.45) is 0 Å². The average molecular weight is 958 g/mol. The number of rotatable bonds is 6. The molecule has 1 aliphatic rings. The third-order valence-corrected chi connectivity index (χ3v) is 15.4. The Morgan fingerprint density at radius 1 is 0.347 bits per heavy atom. The highest BCUT2D eigenvalue weighted by atomic mass is 16.3. The molecule has 0 aliphatic carbocycles. The van der Waals surface area contributed by atoms with E-state index in [1.165, 1.54) is 65.6 Å². The van der Waals surface area contributed by atoms with Crippen molar-refractivity contribution < 1.29 is 4.42 Å². The Balaban J connectivity index is 0.884. The van der Waals surface area contributed by atoms with E-state index in [9.17, 15) is 0 Å². The van der Waals surface area contributed by atoms with Gasteiger partial charge in [0, 0.05) is 67.2 Å². The third kappa shape index (κ3) is 7.06. The van der Waals surface area contributed by atoms with Gasteiger partial charge >= 0.3 is 0 Å². The largest absolute Gasteiger partial charge is 0.456 e. The van der Waals surface area contributed by atoms with Gasteiger partial charge in [-0.25, -0.2) is 0 Å². The lowest BCUT2D eigenvalue weighted by molar-refractivity contribution is 0.669. The summed E-state index contributed by atoms with van der Waals surface area (Å²) in [7, 11) is 0. The molecule has 14 aromatic rings. The van der Waals surface area contributed by atoms with E-state index in [4.69, 9.17) is 4.42 Å².